The van der Waals surface area contributed by atoms with Crippen LogP contribution in [0.4, 0.5) is 0 Å². The maximum absolute atomic E-state index is 12.9. The van der Waals surface area contributed by atoms with Gasteiger partial charge >= 0.3 is 17.9 Å². The summed E-state index contributed by atoms with van der Waals surface area (Å²) in [6.07, 6.45) is 92.1. The maximum Gasteiger partial charge on any atom is 0.306 e. The summed E-state index contributed by atoms with van der Waals surface area (Å²) >= 11 is 0. The first-order chi connectivity index (χ1) is 40.0. The van der Waals surface area contributed by atoms with E-state index in [1.807, 2.05) is 6.08 Å². The van der Waals surface area contributed by atoms with Crippen molar-refractivity contribution in [2.45, 2.75) is 361 Å². The van der Waals surface area contributed by atoms with Crippen molar-refractivity contribution in [1.29, 1.82) is 0 Å². The first-order valence-corrected chi connectivity index (χ1v) is 35.1. The van der Waals surface area contributed by atoms with E-state index in [4.69, 9.17) is 14.2 Å². The van der Waals surface area contributed by atoms with Crippen molar-refractivity contribution >= 4 is 17.9 Å². The maximum atomic E-state index is 12.9. The van der Waals surface area contributed by atoms with Gasteiger partial charge in [-0.05, 0) is 103 Å². The monoisotopic (exact) mass is 1130 g/mol. The zero-order chi connectivity index (χ0) is 58.5. The van der Waals surface area contributed by atoms with E-state index in [2.05, 4.69) is 99.8 Å². The zero-order valence-electron chi connectivity index (χ0n) is 53.8. The topological polar surface area (TPSA) is 78.9 Å². The smallest absolute Gasteiger partial charge is 0.306 e. The van der Waals surface area contributed by atoms with Gasteiger partial charge in [0.15, 0.2) is 6.10 Å². The molecule has 6 nitrogen and oxygen atoms in total. The van der Waals surface area contributed by atoms with Crippen LogP contribution in [0.25, 0.3) is 0 Å². The van der Waals surface area contributed by atoms with Gasteiger partial charge in [0.05, 0.1) is 0 Å². The Morgan fingerprint density at radius 1 is 0.259 bits per heavy atom. The molecule has 1 unspecified atom stereocenters. The number of ether oxygens (including phenoxy) is 3. The van der Waals surface area contributed by atoms with Crippen molar-refractivity contribution in [1.82, 2.24) is 0 Å². The number of carbonyl (C=O) groups excluding carboxylic acids is 3. The third-order valence-electron chi connectivity index (χ3n) is 15.4. The molecule has 0 fully saturated rings. The van der Waals surface area contributed by atoms with Crippen molar-refractivity contribution in [2.24, 2.45) is 0 Å². The van der Waals surface area contributed by atoms with Crippen LogP contribution in [0.3, 0.4) is 0 Å². The van der Waals surface area contributed by atoms with Gasteiger partial charge in [0.1, 0.15) is 13.2 Å². The predicted octanol–water partition coefficient (Wildman–Crippen LogP) is 24.2. The van der Waals surface area contributed by atoms with Crippen molar-refractivity contribution in [3.8, 4) is 0 Å². The summed E-state index contributed by atoms with van der Waals surface area (Å²) in [6, 6.07) is 0. The second-order valence-electron chi connectivity index (χ2n) is 23.4. The fourth-order valence-corrected chi connectivity index (χ4v) is 10.1. The molecule has 0 aliphatic heterocycles. The van der Waals surface area contributed by atoms with Gasteiger partial charge in [-0.3, -0.25) is 14.4 Å². The summed E-state index contributed by atoms with van der Waals surface area (Å²) in [5.74, 6) is -0.967. The average molecular weight is 1130 g/mol. The molecule has 0 spiro atoms. The van der Waals surface area contributed by atoms with Crippen molar-refractivity contribution in [3.63, 3.8) is 0 Å². The number of hydrogen-bond donors (Lipinski definition) is 0. The molecule has 0 bridgehead atoms. The van der Waals surface area contributed by atoms with Crippen molar-refractivity contribution in [2.75, 3.05) is 13.2 Å². The molecule has 0 rings (SSSR count). The summed E-state index contributed by atoms with van der Waals surface area (Å²) in [7, 11) is 0. The summed E-state index contributed by atoms with van der Waals surface area (Å²) in [5, 5.41) is 0. The quantitative estimate of drug-likeness (QED) is 0.0261. The Morgan fingerprint density at radius 3 is 0.840 bits per heavy atom. The van der Waals surface area contributed by atoms with Gasteiger partial charge in [0, 0.05) is 19.3 Å². The molecule has 0 aromatic carbocycles. The number of esters is 3. The normalized spacial score (nSPS) is 12.6. The van der Waals surface area contributed by atoms with E-state index >= 15 is 0 Å². The molecule has 0 saturated carbocycles. The fourth-order valence-electron chi connectivity index (χ4n) is 10.1. The number of carbonyl (C=O) groups is 3. The molecule has 0 amide bonds. The van der Waals surface area contributed by atoms with E-state index in [0.717, 1.165) is 70.6 Å². The number of hydrogen-bond acceptors (Lipinski definition) is 6. The summed E-state index contributed by atoms with van der Waals surface area (Å²) < 4.78 is 16.9. The van der Waals surface area contributed by atoms with E-state index in [9.17, 15) is 14.4 Å². The van der Waals surface area contributed by atoms with E-state index in [0.29, 0.717) is 19.3 Å². The van der Waals surface area contributed by atoms with Gasteiger partial charge < -0.3 is 14.2 Å². The third kappa shape index (κ3) is 67.3. The Labute approximate surface area is 503 Å². The first kappa shape index (κ1) is 77.6. The van der Waals surface area contributed by atoms with E-state index in [1.165, 1.54) is 238 Å². The second kappa shape index (κ2) is 69.1. The zero-order valence-corrected chi connectivity index (χ0v) is 53.8. The molecule has 6 heteroatoms. The minimum atomic E-state index is -0.806. The van der Waals surface area contributed by atoms with Gasteiger partial charge in [-0.25, -0.2) is 0 Å². The highest BCUT2D eigenvalue weighted by atomic mass is 16.6. The number of allylic oxidation sites excluding steroid dienone is 14. The van der Waals surface area contributed by atoms with Crippen LogP contribution in [0.2, 0.25) is 0 Å². The van der Waals surface area contributed by atoms with Gasteiger partial charge in [-0.1, -0.05) is 318 Å². The van der Waals surface area contributed by atoms with Gasteiger partial charge in [-0.15, -0.1) is 0 Å². The van der Waals surface area contributed by atoms with Crippen LogP contribution in [0.5, 0.6) is 0 Å². The van der Waals surface area contributed by atoms with Gasteiger partial charge in [0.2, 0.25) is 0 Å². The lowest BCUT2D eigenvalue weighted by Crippen LogP contribution is -2.30. The van der Waals surface area contributed by atoms with Crippen LogP contribution in [0.15, 0.2) is 85.1 Å². The average Bonchev–Trinajstić information content (AvgIpc) is 3.46. The molecular formula is C75H132O6. The molecule has 0 N–H and O–H groups in total. The van der Waals surface area contributed by atoms with Crippen LogP contribution in [0.1, 0.15) is 355 Å². The van der Waals surface area contributed by atoms with E-state index in [-0.39, 0.29) is 37.5 Å². The first-order valence-electron chi connectivity index (χ1n) is 35.1. The molecule has 0 aliphatic rings. The molecule has 0 aromatic heterocycles. The molecule has 0 saturated heterocycles. The molecule has 468 valence electrons. The number of unbranched alkanes of at least 4 members (excludes halogenated alkanes) is 39. The van der Waals surface area contributed by atoms with Crippen molar-refractivity contribution in [3.05, 3.63) is 85.1 Å². The van der Waals surface area contributed by atoms with E-state index in [1.54, 1.807) is 0 Å². The molecule has 81 heavy (non-hydrogen) atoms. The highest BCUT2D eigenvalue weighted by Crippen LogP contribution is 2.17. The third-order valence-corrected chi connectivity index (χ3v) is 15.4. The van der Waals surface area contributed by atoms with Crippen LogP contribution >= 0.6 is 0 Å². The highest BCUT2D eigenvalue weighted by molar-refractivity contribution is 5.71. The minimum Gasteiger partial charge on any atom is -0.462 e. The molecule has 0 heterocycles. The molecule has 0 aromatic rings. The number of rotatable bonds is 64. The Kier molecular flexibility index (Phi) is 66.2. The van der Waals surface area contributed by atoms with E-state index < -0.39 is 6.10 Å². The SMILES string of the molecule is CC/C=C\C/C=C\C/C=C\C/C=C\CCC(=O)OCC(COC(=O)CCCCCCCCCCCCCCCCCCCCC/C=C\C/C=C\CCCCCCC)OC(=O)CCCCCCCCCCC/C=C\CCCCCCCC. The van der Waals surface area contributed by atoms with Gasteiger partial charge in [-0.2, -0.15) is 0 Å². The van der Waals surface area contributed by atoms with Crippen LogP contribution < -0.4 is 0 Å². The summed E-state index contributed by atoms with van der Waals surface area (Å²) in [5.41, 5.74) is 0. The summed E-state index contributed by atoms with van der Waals surface area (Å²) in [6.45, 7) is 6.49. The van der Waals surface area contributed by atoms with Crippen LogP contribution in [0, 0.1) is 0 Å². The predicted molar refractivity (Wildman–Crippen MR) is 353 cm³/mol. The molecular weight excluding hydrogens is 997 g/mol. The fraction of sp³-hybridized carbons (Fsp3) is 0.773. The lowest BCUT2D eigenvalue weighted by atomic mass is 10.0. The van der Waals surface area contributed by atoms with Crippen molar-refractivity contribution < 1.29 is 28.6 Å². The largest absolute Gasteiger partial charge is 0.462 e. The Bertz CT molecular complexity index is 1530. The Morgan fingerprint density at radius 2 is 0.506 bits per heavy atom. The molecule has 0 aliphatic carbocycles. The minimum absolute atomic E-state index is 0.0962. The highest BCUT2D eigenvalue weighted by Gasteiger charge is 2.19. The lowest BCUT2D eigenvalue weighted by Gasteiger charge is -2.18. The second-order valence-corrected chi connectivity index (χ2v) is 23.4. The molecule has 0 radical (unpaired) electrons. The summed E-state index contributed by atoms with van der Waals surface area (Å²) in [4.78, 5) is 38.3. The Hall–Kier alpha value is -3.41. The van der Waals surface area contributed by atoms with Gasteiger partial charge in [0.25, 0.3) is 0 Å². The van der Waals surface area contributed by atoms with Crippen LogP contribution in [-0.2, 0) is 28.6 Å². The van der Waals surface area contributed by atoms with Crippen LogP contribution in [-0.4, -0.2) is 37.2 Å². The Balaban J connectivity index is 4.22. The standard InChI is InChI=1S/C75H132O6/c1-4-7-10-13-16-19-22-25-27-29-31-32-33-34-35-36-37-38-39-40-41-42-44-45-47-50-53-56-59-62-65-68-74(77)80-71-72(70-79-73(76)67-64-61-58-55-52-49-24-21-18-15-12-9-6-3)81-75(78)69-66-63-60-57-54-51-48-46-43-30-28-26-23-20-17-14-11-8-5-2/h9,12,18,21-22,25-26,28-29,31,49,52,58,61,72H,4-8,10-11,13-17,19-20,23-24,27,30,32-48,50-51,53-57,59-60,62-71H2,1-3H3/b12-9-,21-18-,25-22-,28-26-,31-29-,52-49-,61-58-. The molecule has 1 atom stereocenters. The lowest BCUT2D eigenvalue weighted by molar-refractivity contribution is -0.166.